The average molecular weight is 318 g/mol. The summed E-state index contributed by atoms with van der Waals surface area (Å²) in [5.74, 6) is 0.841. The molecule has 0 spiro atoms. The van der Waals surface area contributed by atoms with Gasteiger partial charge < -0.3 is 9.64 Å². The molecule has 0 bridgehead atoms. The van der Waals surface area contributed by atoms with E-state index in [-0.39, 0.29) is 5.91 Å². The summed E-state index contributed by atoms with van der Waals surface area (Å²) in [7, 11) is 1.64. The third-order valence-electron chi connectivity index (χ3n) is 3.33. The molecular weight excluding hydrogens is 296 g/mol. The molecule has 0 atom stereocenters. The first-order valence-corrected chi connectivity index (χ1v) is 8.46. The highest BCUT2D eigenvalue weighted by Crippen LogP contribution is 2.26. The Morgan fingerprint density at radius 3 is 2.36 bits per heavy atom. The highest BCUT2D eigenvalue weighted by molar-refractivity contribution is 7.13. The Kier molecular flexibility index (Phi) is 5.95. The van der Waals surface area contributed by atoms with Gasteiger partial charge in [-0.05, 0) is 37.1 Å². The van der Waals surface area contributed by atoms with Gasteiger partial charge in [-0.25, -0.2) is 4.98 Å². The van der Waals surface area contributed by atoms with Gasteiger partial charge in [0.15, 0.2) is 0 Å². The van der Waals surface area contributed by atoms with Crippen LogP contribution in [-0.2, 0) is 0 Å². The summed E-state index contributed by atoms with van der Waals surface area (Å²) in [5.41, 5.74) is 1.54. The molecule has 0 unspecified atom stereocenters. The van der Waals surface area contributed by atoms with E-state index in [1.807, 2.05) is 34.5 Å². The van der Waals surface area contributed by atoms with E-state index in [1.165, 1.54) is 11.3 Å². The van der Waals surface area contributed by atoms with Gasteiger partial charge in [0.2, 0.25) is 0 Å². The Hall–Kier alpha value is -1.88. The zero-order valence-electron chi connectivity index (χ0n) is 13.3. The molecule has 118 valence electrons. The minimum atomic E-state index is 0.0275. The molecule has 0 aliphatic rings. The largest absolute Gasteiger partial charge is 0.497 e. The summed E-state index contributed by atoms with van der Waals surface area (Å²) in [6, 6.07) is 7.72. The summed E-state index contributed by atoms with van der Waals surface area (Å²) < 4.78 is 5.16. The molecule has 1 aromatic heterocycles. The van der Waals surface area contributed by atoms with E-state index in [0.29, 0.717) is 5.69 Å². The molecule has 0 fully saturated rings. The second-order valence-electron chi connectivity index (χ2n) is 5.06. The SMILES string of the molecule is CCCN(CCC)C(=O)c1csc(-c2ccc(OC)cc2)n1. The molecule has 1 amide bonds. The van der Waals surface area contributed by atoms with Gasteiger partial charge in [0.25, 0.3) is 5.91 Å². The summed E-state index contributed by atoms with van der Waals surface area (Å²) in [6.07, 6.45) is 1.92. The molecule has 2 rings (SSSR count). The summed E-state index contributed by atoms with van der Waals surface area (Å²) in [6.45, 7) is 5.73. The van der Waals surface area contributed by atoms with Crippen LogP contribution >= 0.6 is 11.3 Å². The number of amides is 1. The lowest BCUT2D eigenvalue weighted by molar-refractivity contribution is 0.0750. The fourth-order valence-corrected chi connectivity index (χ4v) is 3.05. The van der Waals surface area contributed by atoms with E-state index in [0.717, 1.165) is 42.3 Å². The number of nitrogens with zero attached hydrogens (tertiary/aromatic N) is 2. The maximum atomic E-state index is 12.5. The number of ether oxygens (including phenoxy) is 1. The second-order valence-corrected chi connectivity index (χ2v) is 5.92. The van der Waals surface area contributed by atoms with E-state index in [2.05, 4.69) is 18.8 Å². The molecule has 1 aromatic carbocycles. The van der Waals surface area contributed by atoms with Crippen LogP contribution in [-0.4, -0.2) is 36.0 Å². The Morgan fingerprint density at radius 2 is 1.82 bits per heavy atom. The van der Waals surface area contributed by atoms with Crippen molar-refractivity contribution < 1.29 is 9.53 Å². The van der Waals surface area contributed by atoms with E-state index < -0.39 is 0 Å². The predicted molar refractivity (Wildman–Crippen MR) is 90.6 cm³/mol. The summed E-state index contributed by atoms with van der Waals surface area (Å²) in [5, 5.41) is 2.71. The van der Waals surface area contributed by atoms with Crippen molar-refractivity contribution in [3.05, 3.63) is 35.3 Å². The van der Waals surface area contributed by atoms with Crippen LogP contribution in [0.4, 0.5) is 0 Å². The summed E-state index contributed by atoms with van der Waals surface area (Å²) >= 11 is 1.50. The lowest BCUT2D eigenvalue weighted by atomic mass is 10.2. The molecule has 1 heterocycles. The highest BCUT2D eigenvalue weighted by Gasteiger charge is 2.17. The maximum absolute atomic E-state index is 12.5. The van der Waals surface area contributed by atoms with Crippen LogP contribution in [0.2, 0.25) is 0 Å². The smallest absolute Gasteiger partial charge is 0.273 e. The van der Waals surface area contributed by atoms with Crippen molar-refractivity contribution in [2.75, 3.05) is 20.2 Å². The van der Waals surface area contributed by atoms with Gasteiger partial charge in [0.05, 0.1) is 7.11 Å². The molecular formula is C17H22N2O2S. The van der Waals surface area contributed by atoms with Crippen molar-refractivity contribution in [3.8, 4) is 16.3 Å². The molecule has 5 heteroatoms. The zero-order chi connectivity index (χ0) is 15.9. The second kappa shape index (κ2) is 7.94. The number of methoxy groups -OCH3 is 1. The molecule has 4 nitrogen and oxygen atoms in total. The minimum Gasteiger partial charge on any atom is -0.497 e. The number of carbonyl (C=O) groups excluding carboxylic acids is 1. The van der Waals surface area contributed by atoms with Crippen LogP contribution in [0.3, 0.4) is 0 Å². The Balaban J connectivity index is 2.17. The molecule has 0 aliphatic carbocycles. The first kappa shape index (κ1) is 16.5. The molecule has 0 saturated heterocycles. The monoisotopic (exact) mass is 318 g/mol. The highest BCUT2D eigenvalue weighted by atomic mass is 32.1. The Morgan fingerprint density at radius 1 is 1.18 bits per heavy atom. The normalized spacial score (nSPS) is 10.5. The third-order valence-corrected chi connectivity index (χ3v) is 4.23. The lowest BCUT2D eigenvalue weighted by Gasteiger charge is -2.20. The van der Waals surface area contributed by atoms with Crippen LogP contribution in [0.5, 0.6) is 5.75 Å². The van der Waals surface area contributed by atoms with Crippen molar-refractivity contribution in [3.63, 3.8) is 0 Å². The molecule has 0 N–H and O–H groups in total. The van der Waals surface area contributed by atoms with Crippen LogP contribution in [0, 0.1) is 0 Å². The molecule has 0 aliphatic heterocycles. The maximum Gasteiger partial charge on any atom is 0.273 e. The van der Waals surface area contributed by atoms with Gasteiger partial charge in [-0.1, -0.05) is 13.8 Å². The fourth-order valence-electron chi connectivity index (χ4n) is 2.25. The van der Waals surface area contributed by atoms with Gasteiger partial charge in [0, 0.05) is 24.0 Å². The van der Waals surface area contributed by atoms with Gasteiger partial charge in [-0.15, -0.1) is 11.3 Å². The number of aromatic nitrogens is 1. The van der Waals surface area contributed by atoms with Gasteiger partial charge >= 0.3 is 0 Å². The number of thiazole rings is 1. The number of rotatable bonds is 7. The van der Waals surface area contributed by atoms with E-state index >= 15 is 0 Å². The topological polar surface area (TPSA) is 42.4 Å². The van der Waals surface area contributed by atoms with Crippen molar-refractivity contribution in [1.29, 1.82) is 0 Å². The zero-order valence-corrected chi connectivity index (χ0v) is 14.2. The molecule has 22 heavy (non-hydrogen) atoms. The van der Waals surface area contributed by atoms with E-state index in [9.17, 15) is 4.79 Å². The van der Waals surface area contributed by atoms with Crippen molar-refractivity contribution in [1.82, 2.24) is 9.88 Å². The third kappa shape index (κ3) is 3.85. The fraction of sp³-hybridized carbons (Fsp3) is 0.412. The average Bonchev–Trinajstić information content (AvgIpc) is 3.04. The molecule has 0 radical (unpaired) electrons. The predicted octanol–water partition coefficient (Wildman–Crippen LogP) is 4.08. The Bertz CT molecular complexity index is 601. The first-order valence-electron chi connectivity index (χ1n) is 7.58. The van der Waals surface area contributed by atoms with Crippen molar-refractivity contribution in [2.24, 2.45) is 0 Å². The molecule has 0 saturated carbocycles. The van der Waals surface area contributed by atoms with Crippen molar-refractivity contribution in [2.45, 2.75) is 26.7 Å². The van der Waals surface area contributed by atoms with Crippen LogP contribution in [0.15, 0.2) is 29.6 Å². The number of hydrogen-bond donors (Lipinski definition) is 0. The van der Waals surface area contributed by atoms with E-state index in [4.69, 9.17) is 4.74 Å². The lowest BCUT2D eigenvalue weighted by Crippen LogP contribution is -2.32. The first-order chi connectivity index (χ1) is 10.7. The van der Waals surface area contributed by atoms with Crippen LogP contribution < -0.4 is 4.74 Å². The number of hydrogen-bond acceptors (Lipinski definition) is 4. The van der Waals surface area contributed by atoms with Gasteiger partial charge in [0.1, 0.15) is 16.5 Å². The van der Waals surface area contributed by atoms with Gasteiger partial charge in [-0.2, -0.15) is 0 Å². The quantitative estimate of drug-likeness (QED) is 0.772. The summed E-state index contributed by atoms with van der Waals surface area (Å²) in [4.78, 5) is 18.9. The van der Waals surface area contributed by atoms with Gasteiger partial charge in [-0.3, -0.25) is 4.79 Å². The number of benzene rings is 1. The van der Waals surface area contributed by atoms with Crippen LogP contribution in [0.1, 0.15) is 37.2 Å². The Labute approximate surface area is 135 Å². The van der Waals surface area contributed by atoms with E-state index in [1.54, 1.807) is 7.11 Å². The molecule has 2 aromatic rings. The number of carbonyl (C=O) groups is 1. The van der Waals surface area contributed by atoms with Crippen molar-refractivity contribution >= 4 is 17.2 Å². The minimum absolute atomic E-state index is 0.0275. The standard InChI is InChI=1S/C17H22N2O2S/c1-4-10-19(11-5-2)17(20)15-12-22-16(18-15)13-6-8-14(21-3)9-7-13/h6-9,12H,4-5,10-11H2,1-3H3. The van der Waals surface area contributed by atoms with Crippen LogP contribution in [0.25, 0.3) is 10.6 Å².